The first-order valence-electron chi connectivity index (χ1n) is 9.30. The zero-order valence-corrected chi connectivity index (χ0v) is 16.8. The molecule has 0 aliphatic carbocycles. The van der Waals surface area contributed by atoms with Crippen molar-refractivity contribution in [2.24, 2.45) is 0 Å². The Morgan fingerprint density at radius 3 is 2.30 bits per heavy atom. The highest BCUT2D eigenvalue weighted by Crippen LogP contribution is 2.17. The number of benzene rings is 2. The molecule has 1 aliphatic heterocycles. The Morgan fingerprint density at radius 1 is 0.926 bits per heavy atom. The first-order valence-corrected chi connectivity index (χ1v) is 10.1. The highest BCUT2D eigenvalue weighted by molar-refractivity contribution is 9.10. The number of carbonyl (C=O) groups excluding carboxylic acids is 2. The van der Waals surface area contributed by atoms with Crippen molar-refractivity contribution in [3.63, 3.8) is 0 Å². The van der Waals surface area contributed by atoms with E-state index in [1.807, 2.05) is 29.2 Å². The minimum absolute atomic E-state index is 0.0751. The third kappa shape index (κ3) is 5.82. The maximum absolute atomic E-state index is 12.6. The second-order valence-corrected chi connectivity index (χ2v) is 7.61. The summed E-state index contributed by atoms with van der Waals surface area (Å²) < 4.78 is 0.956. The van der Waals surface area contributed by atoms with Crippen molar-refractivity contribution in [1.29, 1.82) is 0 Å². The fourth-order valence-corrected chi connectivity index (χ4v) is 3.54. The summed E-state index contributed by atoms with van der Waals surface area (Å²) in [4.78, 5) is 26.6. The molecule has 0 radical (unpaired) electrons. The lowest BCUT2D eigenvalue weighted by Gasteiger charge is -2.20. The van der Waals surface area contributed by atoms with Crippen molar-refractivity contribution in [2.75, 3.05) is 30.3 Å². The largest absolute Gasteiger partial charge is 0.376 e. The minimum atomic E-state index is -0.137. The smallest absolute Gasteiger partial charge is 0.253 e. The van der Waals surface area contributed by atoms with E-state index >= 15 is 0 Å². The standard InChI is InChI=1S/C21H24BrN3O2/c22-17-6-5-7-19(14-17)23-15-20(26)24-18-10-8-16(9-11-18)21(27)25-12-3-1-2-4-13-25/h5-11,14,23H,1-4,12-13,15H2,(H,24,26). The van der Waals surface area contributed by atoms with Crippen LogP contribution >= 0.6 is 15.9 Å². The Bertz CT molecular complexity index is 784. The van der Waals surface area contributed by atoms with Crippen LogP contribution in [0.25, 0.3) is 0 Å². The van der Waals surface area contributed by atoms with E-state index in [1.165, 1.54) is 12.8 Å². The maximum Gasteiger partial charge on any atom is 0.253 e. The van der Waals surface area contributed by atoms with Gasteiger partial charge in [0.15, 0.2) is 0 Å². The average Bonchev–Trinajstić information content (AvgIpc) is 2.96. The highest BCUT2D eigenvalue weighted by Gasteiger charge is 2.17. The molecule has 2 aromatic rings. The van der Waals surface area contributed by atoms with Gasteiger partial charge in [0.2, 0.25) is 5.91 Å². The van der Waals surface area contributed by atoms with Crippen LogP contribution in [0.3, 0.4) is 0 Å². The van der Waals surface area contributed by atoms with E-state index < -0.39 is 0 Å². The Balaban J connectivity index is 1.52. The molecule has 2 aromatic carbocycles. The molecule has 1 fully saturated rings. The van der Waals surface area contributed by atoms with Gasteiger partial charge in [-0.3, -0.25) is 9.59 Å². The zero-order valence-electron chi connectivity index (χ0n) is 15.2. The number of nitrogens with one attached hydrogen (secondary N) is 2. The van der Waals surface area contributed by atoms with Crippen LogP contribution in [0.1, 0.15) is 36.0 Å². The number of amides is 2. The van der Waals surface area contributed by atoms with Crippen molar-refractivity contribution in [3.8, 4) is 0 Å². The molecule has 27 heavy (non-hydrogen) atoms. The van der Waals surface area contributed by atoms with Crippen molar-refractivity contribution in [3.05, 3.63) is 58.6 Å². The molecule has 2 N–H and O–H groups in total. The van der Waals surface area contributed by atoms with Gasteiger partial charge in [-0.05, 0) is 55.3 Å². The summed E-state index contributed by atoms with van der Waals surface area (Å²) in [5.74, 6) is -0.0623. The molecule has 1 heterocycles. The molecule has 2 amide bonds. The number of hydrogen-bond acceptors (Lipinski definition) is 3. The second kappa shape index (κ2) is 9.55. The van der Waals surface area contributed by atoms with Crippen LogP contribution in [0.4, 0.5) is 11.4 Å². The normalized spacial score (nSPS) is 14.3. The Kier molecular flexibility index (Phi) is 6.87. The summed E-state index contributed by atoms with van der Waals surface area (Å²) in [5, 5.41) is 5.93. The Hall–Kier alpha value is -2.34. The lowest BCUT2D eigenvalue weighted by atomic mass is 10.1. The second-order valence-electron chi connectivity index (χ2n) is 6.70. The van der Waals surface area contributed by atoms with Crippen molar-refractivity contribution in [2.45, 2.75) is 25.7 Å². The molecule has 3 rings (SSSR count). The van der Waals surface area contributed by atoms with Gasteiger partial charge in [-0.1, -0.05) is 34.8 Å². The summed E-state index contributed by atoms with van der Waals surface area (Å²) in [6.45, 7) is 1.84. The van der Waals surface area contributed by atoms with Gasteiger partial charge < -0.3 is 15.5 Å². The lowest BCUT2D eigenvalue weighted by Crippen LogP contribution is -2.31. The summed E-state index contributed by atoms with van der Waals surface area (Å²) in [6, 6.07) is 14.8. The molecule has 5 nitrogen and oxygen atoms in total. The van der Waals surface area contributed by atoms with E-state index in [2.05, 4.69) is 26.6 Å². The van der Waals surface area contributed by atoms with Gasteiger partial charge >= 0.3 is 0 Å². The molecule has 1 aliphatic rings. The van der Waals surface area contributed by atoms with E-state index in [4.69, 9.17) is 0 Å². The van der Waals surface area contributed by atoms with Crippen molar-refractivity contribution < 1.29 is 9.59 Å². The molecule has 0 bridgehead atoms. The van der Waals surface area contributed by atoms with Crippen molar-refractivity contribution >= 4 is 39.1 Å². The van der Waals surface area contributed by atoms with Gasteiger partial charge in [-0.25, -0.2) is 0 Å². The van der Waals surface area contributed by atoms with Crippen LogP contribution in [0.5, 0.6) is 0 Å². The topological polar surface area (TPSA) is 61.4 Å². The zero-order chi connectivity index (χ0) is 19.1. The Labute approximate surface area is 168 Å². The fraction of sp³-hybridized carbons (Fsp3) is 0.333. The van der Waals surface area contributed by atoms with E-state index in [1.54, 1.807) is 24.3 Å². The molecule has 0 saturated carbocycles. The molecular formula is C21H24BrN3O2. The van der Waals surface area contributed by atoms with Gasteiger partial charge in [0.05, 0.1) is 6.54 Å². The van der Waals surface area contributed by atoms with Crippen LogP contribution in [0.2, 0.25) is 0 Å². The molecule has 0 aromatic heterocycles. The Morgan fingerprint density at radius 2 is 1.63 bits per heavy atom. The third-order valence-corrected chi connectivity index (χ3v) is 5.08. The summed E-state index contributed by atoms with van der Waals surface area (Å²) in [5.41, 5.74) is 2.23. The first-order chi connectivity index (χ1) is 13.1. The van der Waals surface area contributed by atoms with E-state index in [-0.39, 0.29) is 18.4 Å². The lowest BCUT2D eigenvalue weighted by molar-refractivity contribution is -0.114. The van der Waals surface area contributed by atoms with Gasteiger partial charge in [0, 0.05) is 34.5 Å². The predicted octanol–water partition coefficient (Wildman–Crippen LogP) is 4.52. The monoisotopic (exact) mass is 429 g/mol. The van der Waals surface area contributed by atoms with Crippen LogP contribution in [0.15, 0.2) is 53.0 Å². The minimum Gasteiger partial charge on any atom is -0.376 e. The quantitative estimate of drug-likeness (QED) is 0.734. The maximum atomic E-state index is 12.6. The first kappa shape index (κ1) is 19.4. The molecule has 0 unspecified atom stereocenters. The number of nitrogens with zero attached hydrogens (tertiary/aromatic N) is 1. The predicted molar refractivity (Wildman–Crippen MR) is 112 cm³/mol. The van der Waals surface area contributed by atoms with Crippen LogP contribution in [-0.4, -0.2) is 36.3 Å². The number of carbonyl (C=O) groups is 2. The molecule has 6 heteroatoms. The van der Waals surface area contributed by atoms with Crippen LogP contribution in [-0.2, 0) is 4.79 Å². The summed E-state index contributed by atoms with van der Waals surface area (Å²) >= 11 is 3.40. The van der Waals surface area contributed by atoms with Gasteiger partial charge in [-0.15, -0.1) is 0 Å². The number of hydrogen-bond donors (Lipinski definition) is 2. The van der Waals surface area contributed by atoms with E-state index in [9.17, 15) is 9.59 Å². The number of halogens is 1. The number of anilines is 2. The molecular weight excluding hydrogens is 406 g/mol. The summed E-state index contributed by atoms with van der Waals surface area (Å²) in [7, 11) is 0. The van der Waals surface area contributed by atoms with Gasteiger partial charge in [0.25, 0.3) is 5.91 Å². The van der Waals surface area contributed by atoms with Crippen LogP contribution in [0, 0.1) is 0 Å². The van der Waals surface area contributed by atoms with E-state index in [0.717, 1.165) is 36.1 Å². The van der Waals surface area contributed by atoms with Gasteiger partial charge in [-0.2, -0.15) is 0 Å². The summed E-state index contributed by atoms with van der Waals surface area (Å²) in [6.07, 6.45) is 4.54. The SMILES string of the molecule is O=C(CNc1cccc(Br)c1)Nc1ccc(C(=O)N2CCCCCC2)cc1. The number of likely N-dealkylation sites (tertiary alicyclic amines) is 1. The van der Waals surface area contributed by atoms with Crippen molar-refractivity contribution in [1.82, 2.24) is 4.90 Å². The van der Waals surface area contributed by atoms with Gasteiger partial charge in [0.1, 0.15) is 0 Å². The van der Waals surface area contributed by atoms with E-state index in [0.29, 0.717) is 11.3 Å². The third-order valence-electron chi connectivity index (χ3n) is 4.59. The molecule has 0 spiro atoms. The fourth-order valence-electron chi connectivity index (χ4n) is 3.14. The molecule has 1 saturated heterocycles. The molecule has 0 atom stereocenters. The number of rotatable bonds is 5. The molecule has 142 valence electrons. The highest BCUT2D eigenvalue weighted by atomic mass is 79.9. The average molecular weight is 430 g/mol. The van der Waals surface area contributed by atoms with Crippen LogP contribution < -0.4 is 10.6 Å².